The average Bonchev–Trinajstić information content (AvgIpc) is 2.60. The van der Waals surface area contributed by atoms with Crippen LogP contribution >= 0.6 is 0 Å². The molecular formula is C18H19F3N4O2. The van der Waals surface area contributed by atoms with Crippen LogP contribution in [0.15, 0.2) is 24.3 Å². The molecule has 27 heavy (non-hydrogen) atoms. The van der Waals surface area contributed by atoms with Gasteiger partial charge in [0.05, 0.1) is 24.3 Å². The predicted molar refractivity (Wildman–Crippen MR) is 95.6 cm³/mol. The van der Waals surface area contributed by atoms with E-state index in [0.717, 1.165) is 12.1 Å². The van der Waals surface area contributed by atoms with E-state index in [-0.39, 0.29) is 17.2 Å². The Morgan fingerprint density at radius 3 is 2.59 bits per heavy atom. The second-order valence-corrected chi connectivity index (χ2v) is 5.69. The fourth-order valence-electron chi connectivity index (χ4n) is 2.45. The summed E-state index contributed by atoms with van der Waals surface area (Å²) in [6.45, 7) is 3.20. The predicted octanol–water partition coefficient (Wildman–Crippen LogP) is 3.80. The zero-order chi connectivity index (χ0) is 20.1. The number of carbonyl (C=O) groups excluding carboxylic acids is 1. The number of carbonyl (C=O) groups is 1. The van der Waals surface area contributed by atoms with Gasteiger partial charge < -0.3 is 15.8 Å². The molecule has 9 heteroatoms. The van der Waals surface area contributed by atoms with Crippen molar-refractivity contribution in [3.8, 4) is 0 Å². The fourth-order valence-corrected chi connectivity index (χ4v) is 2.45. The lowest BCUT2D eigenvalue weighted by molar-refractivity contribution is -0.134. The number of nitrogens with zero attached hydrogens (tertiary/aromatic N) is 2. The van der Waals surface area contributed by atoms with Crippen LogP contribution in [0.1, 0.15) is 41.9 Å². The molecule has 0 unspecified atom stereocenters. The van der Waals surface area contributed by atoms with Gasteiger partial charge in [0.15, 0.2) is 0 Å². The Hall–Kier alpha value is -3.10. The lowest BCUT2D eigenvalue weighted by Crippen LogP contribution is -2.14. The van der Waals surface area contributed by atoms with Gasteiger partial charge in [-0.15, -0.1) is 0 Å². The van der Waals surface area contributed by atoms with Gasteiger partial charge in [-0.25, -0.2) is 27.9 Å². The molecule has 0 spiro atoms. The van der Waals surface area contributed by atoms with Crippen molar-refractivity contribution in [1.29, 1.82) is 0 Å². The number of nitrogens with one attached hydrogen (secondary N) is 1. The summed E-state index contributed by atoms with van der Waals surface area (Å²) in [6.07, 6.45) is -0.424. The number of anilines is 2. The number of rotatable bonds is 6. The summed E-state index contributed by atoms with van der Waals surface area (Å²) in [6, 6.07) is 3.09. The monoisotopic (exact) mass is 380 g/mol. The summed E-state index contributed by atoms with van der Waals surface area (Å²) in [5, 5.41) is 2.94. The molecule has 2 rings (SSSR count). The molecule has 1 aromatic heterocycles. The van der Waals surface area contributed by atoms with E-state index in [1.165, 1.54) is 25.3 Å². The SMILES string of the molecule is COC(=O)/C=C/c1c(N)nc(C)nc1N[C@H](C)c1cccc(C(F)F)c1F. The zero-order valence-corrected chi connectivity index (χ0v) is 15.0. The van der Waals surface area contributed by atoms with Gasteiger partial charge in [0, 0.05) is 11.6 Å². The van der Waals surface area contributed by atoms with Crippen LogP contribution in [0.3, 0.4) is 0 Å². The summed E-state index contributed by atoms with van der Waals surface area (Å²) in [5.41, 5.74) is 5.56. The quantitative estimate of drug-likeness (QED) is 0.585. The Balaban J connectivity index is 2.41. The maximum atomic E-state index is 14.4. The maximum absolute atomic E-state index is 14.4. The highest BCUT2D eigenvalue weighted by molar-refractivity contribution is 5.89. The highest BCUT2D eigenvalue weighted by atomic mass is 19.3. The first-order valence-corrected chi connectivity index (χ1v) is 7.97. The third-order valence-corrected chi connectivity index (χ3v) is 3.79. The lowest BCUT2D eigenvalue weighted by atomic mass is 10.0. The van der Waals surface area contributed by atoms with Gasteiger partial charge in [-0.2, -0.15) is 0 Å². The summed E-state index contributed by atoms with van der Waals surface area (Å²) in [4.78, 5) is 19.6. The van der Waals surface area contributed by atoms with E-state index in [2.05, 4.69) is 20.0 Å². The van der Waals surface area contributed by atoms with Crippen molar-refractivity contribution >= 4 is 23.7 Å². The van der Waals surface area contributed by atoms with Crippen LogP contribution < -0.4 is 11.1 Å². The minimum Gasteiger partial charge on any atom is -0.466 e. The number of nitrogen functional groups attached to an aromatic ring is 1. The van der Waals surface area contributed by atoms with Gasteiger partial charge >= 0.3 is 5.97 Å². The molecule has 0 aliphatic rings. The minimum atomic E-state index is -2.92. The van der Waals surface area contributed by atoms with Gasteiger partial charge in [-0.1, -0.05) is 18.2 Å². The topological polar surface area (TPSA) is 90.1 Å². The lowest BCUT2D eigenvalue weighted by Gasteiger charge is -2.19. The molecule has 0 amide bonds. The first-order chi connectivity index (χ1) is 12.7. The van der Waals surface area contributed by atoms with Gasteiger partial charge in [-0.3, -0.25) is 0 Å². The van der Waals surface area contributed by atoms with E-state index in [1.54, 1.807) is 13.8 Å². The maximum Gasteiger partial charge on any atom is 0.330 e. The number of esters is 1. The third-order valence-electron chi connectivity index (χ3n) is 3.79. The summed E-state index contributed by atoms with van der Waals surface area (Å²) >= 11 is 0. The van der Waals surface area contributed by atoms with E-state index >= 15 is 0 Å². The van der Waals surface area contributed by atoms with Crippen LogP contribution in [0.25, 0.3) is 6.08 Å². The number of benzene rings is 1. The average molecular weight is 380 g/mol. The number of methoxy groups -OCH3 is 1. The van der Waals surface area contributed by atoms with Crippen LogP contribution in [0.4, 0.5) is 24.8 Å². The van der Waals surface area contributed by atoms with Gasteiger partial charge in [0.2, 0.25) is 0 Å². The molecule has 0 saturated carbocycles. The Morgan fingerprint density at radius 1 is 1.30 bits per heavy atom. The molecule has 0 radical (unpaired) electrons. The summed E-state index contributed by atoms with van der Waals surface area (Å²) in [5.74, 6) is -0.921. The highest BCUT2D eigenvalue weighted by Gasteiger charge is 2.20. The number of ether oxygens (including phenoxy) is 1. The number of alkyl halides is 2. The molecule has 1 aromatic carbocycles. The number of hydrogen-bond acceptors (Lipinski definition) is 6. The molecular weight excluding hydrogens is 361 g/mol. The van der Waals surface area contributed by atoms with Crippen LogP contribution in [-0.2, 0) is 9.53 Å². The first kappa shape index (κ1) is 20.2. The number of aromatic nitrogens is 2. The van der Waals surface area contributed by atoms with Gasteiger partial charge in [0.1, 0.15) is 23.3 Å². The van der Waals surface area contributed by atoms with Crippen molar-refractivity contribution in [3.63, 3.8) is 0 Å². The van der Waals surface area contributed by atoms with Crippen molar-refractivity contribution in [2.45, 2.75) is 26.3 Å². The summed E-state index contributed by atoms with van der Waals surface area (Å²) < 4.78 is 44.8. The molecule has 0 aliphatic carbocycles. The van der Waals surface area contributed by atoms with Crippen LogP contribution in [0.5, 0.6) is 0 Å². The van der Waals surface area contributed by atoms with Crippen molar-refractivity contribution in [2.24, 2.45) is 0 Å². The standard InChI is InChI=1S/C18H19F3N4O2/c1-9(11-5-4-6-12(15(11)19)16(20)21)23-18-13(7-8-14(26)27-3)17(22)24-10(2)25-18/h4-9,16H,1-3H3,(H3,22,23,24,25)/b8-7+/t9-/m1/s1. The van der Waals surface area contributed by atoms with Crippen LogP contribution in [-0.4, -0.2) is 23.0 Å². The molecule has 6 nitrogen and oxygen atoms in total. The Kier molecular flexibility index (Phi) is 6.38. The second-order valence-electron chi connectivity index (χ2n) is 5.69. The smallest absolute Gasteiger partial charge is 0.330 e. The molecule has 2 aromatic rings. The molecule has 0 bridgehead atoms. The second kappa shape index (κ2) is 8.52. The van der Waals surface area contributed by atoms with E-state index < -0.39 is 29.8 Å². The first-order valence-electron chi connectivity index (χ1n) is 7.97. The Labute approximate surface area is 154 Å². The third kappa shape index (κ3) is 4.75. The number of halogens is 3. The molecule has 1 atom stereocenters. The van der Waals surface area contributed by atoms with Crippen molar-refractivity contribution in [1.82, 2.24) is 9.97 Å². The summed E-state index contributed by atoms with van der Waals surface area (Å²) in [7, 11) is 1.22. The Bertz CT molecular complexity index is 872. The van der Waals surface area contributed by atoms with Crippen molar-refractivity contribution < 1.29 is 22.7 Å². The fraction of sp³-hybridized carbons (Fsp3) is 0.278. The van der Waals surface area contributed by atoms with Crippen molar-refractivity contribution in [2.75, 3.05) is 18.2 Å². The number of nitrogens with two attached hydrogens (primary N) is 1. The normalized spacial score (nSPS) is 12.4. The van der Waals surface area contributed by atoms with Crippen LogP contribution in [0, 0.1) is 12.7 Å². The van der Waals surface area contributed by atoms with Crippen LogP contribution in [0.2, 0.25) is 0 Å². The van der Waals surface area contributed by atoms with E-state index in [0.29, 0.717) is 11.4 Å². The molecule has 0 saturated heterocycles. The molecule has 1 heterocycles. The number of aryl methyl sites for hydroxylation is 1. The Morgan fingerprint density at radius 2 is 1.96 bits per heavy atom. The molecule has 3 N–H and O–H groups in total. The van der Waals surface area contributed by atoms with Crippen molar-refractivity contribution in [3.05, 3.63) is 52.6 Å². The number of hydrogen-bond donors (Lipinski definition) is 2. The van der Waals surface area contributed by atoms with E-state index in [4.69, 9.17) is 5.73 Å². The molecule has 144 valence electrons. The molecule has 0 aliphatic heterocycles. The van der Waals surface area contributed by atoms with E-state index in [9.17, 15) is 18.0 Å². The van der Waals surface area contributed by atoms with Gasteiger partial charge in [-0.05, 0) is 19.9 Å². The zero-order valence-electron chi connectivity index (χ0n) is 15.0. The highest BCUT2D eigenvalue weighted by Crippen LogP contribution is 2.30. The van der Waals surface area contributed by atoms with Gasteiger partial charge in [0.25, 0.3) is 6.43 Å². The minimum absolute atomic E-state index is 0.0468. The largest absolute Gasteiger partial charge is 0.466 e. The molecule has 0 fully saturated rings. The van der Waals surface area contributed by atoms with E-state index in [1.807, 2.05) is 0 Å².